The van der Waals surface area contributed by atoms with Gasteiger partial charge in [-0.15, -0.1) is 11.3 Å². The quantitative estimate of drug-likeness (QED) is 0.415. The molecule has 12 heteroatoms. The predicted molar refractivity (Wildman–Crippen MR) is 137 cm³/mol. The summed E-state index contributed by atoms with van der Waals surface area (Å²) in [6, 6.07) is 15.3. The number of benzene rings is 2. The second-order valence-electron chi connectivity index (χ2n) is 8.13. The summed E-state index contributed by atoms with van der Waals surface area (Å²) in [4.78, 5) is 32.8. The summed E-state index contributed by atoms with van der Waals surface area (Å²) < 4.78 is 29.3. The van der Waals surface area contributed by atoms with Crippen molar-refractivity contribution in [1.82, 2.24) is 14.5 Å². The number of fused-ring (bicyclic) bond motifs is 1. The zero-order valence-electron chi connectivity index (χ0n) is 18.9. The molecule has 1 saturated heterocycles. The third-order valence-electron chi connectivity index (χ3n) is 5.89. The van der Waals surface area contributed by atoms with Gasteiger partial charge in [-0.3, -0.25) is 14.3 Å². The maximum Gasteiger partial charge on any atom is 0.263 e. The number of sulfonamides is 1. The maximum absolute atomic E-state index is 12.9. The average Bonchev–Trinajstić information content (AvgIpc) is 3.53. The Morgan fingerprint density at radius 3 is 2.67 bits per heavy atom. The normalized spacial score (nSPS) is 14.1. The topological polar surface area (TPSA) is 128 Å². The Labute approximate surface area is 212 Å². The number of nitrogens with zero attached hydrogens (tertiary/aromatic N) is 5. The minimum Gasteiger partial charge on any atom is -0.338 e. The van der Waals surface area contributed by atoms with E-state index in [-0.39, 0.29) is 36.4 Å². The minimum atomic E-state index is -3.79. The highest BCUT2D eigenvalue weighted by Crippen LogP contribution is 2.23. The molecule has 0 atom stereocenters. The van der Waals surface area contributed by atoms with Gasteiger partial charge < -0.3 is 14.4 Å². The van der Waals surface area contributed by atoms with Gasteiger partial charge in [0.2, 0.25) is 11.8 Å². The number of thiazole rings is 1. The summed E-state index contributed by atoms with van der Waals surface area (Å²) in [7, 11) is -3.79. The van der Waals surface area contributed by atoms with E-state index in [1.807, 2.05) is 6.07 Å². The highest BCUT2D eigenvalue weighted by atomic mass is 32.2. The average molecular weight is 523 g/mol. The molecule has 0 bridgehead atoms. The van der Waals surface area contributed by atoms with Crippen molar-refractivity contribution in [3.63, 3.8) is 0 Å². The second kappa shape index (κ2) is 9.44. The Kier molecular flexibility index (Phi) is 6.17. The summed E-state index contributed by atoms with van der Waals surface area (Å²) in [5.74, 6) is -0.429. The predicted octanol–water partition coefficient (Wildman–Crippen LogP) is 2.89. The van der Waals surface area contributed by atoms with Crippen LogP contribution in [-0.2, 0) is 26.2 Å². The molecule has 0 radical (unpaired) electrons. The summed E-state index contributed by atoms with van der Waals surface area (Å²) in [6.45, 7) is 0.670. The van der Waals surface area contributed by atoms with Crippen LogP contribution in [0.2, 0.25) is 0 Å². The van der Waals surface area contributed by atoms with Crippen LogP contribution in [0.15, 0.2) is 71.2 Å². The molecule has 0 unspecified atom stereocenters. The SMILES string of the molecule is N#Cc1ccc2c(ccn2CC(=O)N2CCN(c3ccc(S(=O)(=O)Nc4nccs4)cc3)C(=O)C2)c1.[HH]. The van der Waals surface area contributed by atoms with E-state index in [1.54, 1.807) is 51.4 Å². The molecule has 1 N–H and O–H groups in total. The number of hydrogen-bond donors (Lipinski definition) is 1. The number of carbonyl (C=O) groups is 2. The van der Waals surface area contributed by atoms with Crippen molar-refractivity contribution in [2.75, 3.05) is 29.3 Å². The second-order valence-corrected chi connectivity index (χ2v) is 10.7. The first kappa shape index (κ1) is 23.5. The first-order valence-electron chi connectivity index (χ1n) is 10.9. The van der Waals surface area contributed by atoms with Gasteiger partial charge in [0.1, 0.15) is 13.1 Å². The molecule has 3 heterocycles. The molecular weight excluding hydrogens is 500 g/mol. The summed E-state index contributed by atoms with van der Waals surface area (Å²) in [5.41, 5.74) is 1.95. The van der Waals surface area contributed by atoms with Crippen LogP contribution in [0.4, 0.5) is 10.8 Å². The van der Waals surface area contributed by atoms with Gasteiger partial charge in [0.15, 0.2) is 5.13 Å². The highest BCUT2D eigenvalue weighted by Gasteiger charge is 2.28. The van der Waals surface area contributed by atoms with Crippen molar-refractivity contribution in [3.8, 4) is 6.07 Å². The molecule has 1 aliphatic heterocycles. The molecule has 2 aromatic carbocycles. The molecule has 2 amide bonds. The number of rotatable bonds is 6. The van der Waals surface area contributed by atoms with Crippen LogP contribution in [0.3, 0.4) is 0 Å². The Balaban J connectivity index is 0.00000320. The zero-order valence-corrected chi connectivity index (χ0v) is 20.5. The Morgan fingerprint density at radius 2 is 1.97 bits per heavy atom. The van der Waals surface area contributed by atoms with Crippen LogP contribution in [0.25, 0.3) is 10.9 Å². The number of amides is 2. The number of carbonyl (C=O) groups excluding carboxylic acids is 2. The van der Waals surface area contributed by atoms with E-state index in [9.17, 15) is 18.0 Å². The third-order valence-corrected chi connectivity index (χ3v) is 8.06. The van der Waals surface area contributed by atoms with Crippen molar-refractivity contribution in [1.29, 1.82) is 5.26 Å². The van der Waals surface area contributed by atoms with E-state index in [2.05, 4.69) is 15.8 Å². The lowest BCUT2D eigenvalue weighted by atomic mass is 10.2. The number of piperazine rings is 1. The van der Waals surface area contributed by atoms with Crippen LogP contribution < -0.4 is 9.62 Å². The standard InChI is InChI=1S/C24H20N6O4S2.H2/c25-14-17-1-6-21-18(13-17)7-9-28(21)15-22(31)29-10-11-30(23(32)16-29)19-2-4-20(5-3-19)36(33,34)27-24-26-8-12-35-24;/h1-9,12-13H,10-11,15-16H2,(H,26,27);1H. The van der Waals surface area contributed by atoms with Crippen LogP contribution >= 0.6 is 11.3 Å². The molecule has 0 saturated carbocycles. The zero-order chi connectivity index (χ0) is 25.3. The molecule has 2 aromatic heterocycles. The third kappa shape index (κ3) is 4.66. The molecule has 0 spiro atoms. The van der Waals surface area contributed by atoms with E-state index in [0.717, 1.165) is 10.9 Å². The molecule has 184 valence electrons. The molecule has 1 fully saturated rings. The van der Waals surface area contributed by atoms with E-state index < -0.39 is 10.0 Å². The van der Waals surface area contributed by atoms with Gasteiger partial charge in [0.05, 0.1) is 16.5 Å². The van der Waals surface area contributed by atoms with Crippen molar-refractivity contribution < 1.29 is 19.4 Å². The fourth-order valence-electron chi connectivity index (χ4n) is 4.07. The van der Waals surface area contributed by atoms with Gasteiger partial charge in [-0.25, -0.2) is 13.4 Å². The van der Waals surface area contributed by atoms with Crippen LogP contribution in [0.1, 0.15) is 6.99 Å². The van der Waals surface area contributed by atoms with Crippen molar-refractivity contribution in [2.24, 2.45) is 0 Å². The van der Waals surface area contributed by atoms with Crippen molar-refractivity contribution in [3.05, 3.63) is 71.9 Å². The maximum atomic E-state index is 12.9. The van der Waals surface area contributed by atoms with Crippen molar-refractivity contribution in [2.45, 2.75) is 11.4 Å². The lowest BCUT2D eigenvalue weighted by Gasteiger charge is -2.34. The van der Waals surface area contributed by atoms with Crippen LogP contribution in [0, 0.1) is 11.3 Å². The monoisotopic (exact) mass is 522 g/mol. The van der Waals surface area contributed by atoms with Gasteiger partial charge in [-0.2, -0.15) is 5.26 Å². The number of nitriles is 1. The Hall–Kier alpha value is -4.21. The number of aromatic nitrogens is 2. The van der Waals surface area contributed by atoms with E-state index in [1.165, 1.54) is 34.6 Å². The largest absolute Gasteiger partial charge is 0.338 e. The first-order chi connectivity index (χ1) is 17.3. The van der Waals surface area contributed by atoms with E-state index >= 15 is 0 Å². The number of nitrogens with one attached hydrogen (secondary N) is 1. The molecule has 1 aliphatic rings. The fraction of sp³-hybridized carbons (Fsp3) is 0.167. The van der Waals surface area contributed by atoms with Crippen LogP contribution in [-0.4, -0.2) is 54.3 Å². The molecule has 5 rings (SSSR count). The highest BCUT2D eigenvalue weighted by molar-refractivity contribution is 7.93. The van der Waals surface area contributed by atoms with Gasteiger partial charge in [0, 0.05) is 48.9 Å². The minimum absolute atomic E-state index is 0. The number of anilines is 2. The summed E-state index contributed by atoms with van der Waals surface area (Å²) in [5, 5.41) is 11.9. The molecule has 10 nitrogen and oxygen atoms in total. The summed E-state index contributed by atoms with van der Waals surface area (Å²) >= 11 is 1.18. The van der Waals surface area contributed by atoms with E-state index in [0.29, 0.717) is 24.3 Å². The van der Waals surface area contributed by atoms with Gasteiger partial charge in [0.25, 0.3) is 10.0 Å². The van der Waals surface area contributed by atoms with Gasteiger partial charge in [-0.05, 0) is 48.5 Å². The lowest BCUT2D eigenvalue weighted by Crippen LogP contribution is -2.53. The molecule has 4 aromatic rings. The smallest absolute Gasteiger partial charge is 0.263 e. The van der Waals surface area contributed by atoms with Crippen molar-refractivity contribution >= 4 is 54.9 Å². The first-order valence-corrected chi connectivity index (χ1v) is 13.3. The molecule has 0 aliphatic carbocycles. The Morgan fingerprint density at radius 1 is 1.17 bits per heavy atom. The molecule has 36 heavy (non-hydrogen) atoms. The Bertz CT molecular complexity index is 1590. The van der Waals surface area contributed by atoms with Gasteiger partial charge >= 0.3 is 0 Å². The summed E-state index contributed by atoms with van der Waals surface area (Å²) in [6.07, 6.45) is 3.30. The van der Waals surface area contributed by atoms with Crippen LogP contribution in [0.5, 0.6) is 0 Å². The van der Waals surface area contributed by atoms with Gasteiger partial charge in [-0.1, -0.05) is 0 Å². The molecular formula is C24H22N6O4S2. The van der Waals surface area contributed by atoms with E-state index in [4.69, 9.17) is 5.26 Å². The fourth-order valence-corrected chi connectivity index (χ4v) is 5.85. The number of hydrogen-bond acceptors (Lipinski definition) is 7. The lowest BCUT2D eigenvalue weighted by molar-refractivity contribution is -0.137.